The lowest BCUT2D eigenvalue weighted by atomic mass is 9.88. The maximum absolute atomic E-state index is 11.9. The Hall–Kier alpha value is -1.55. The number of likely N-dealkylation sites (tertiary alicyclic amines) is 1. The molecule has 0 aliphatic carbocycles. The first-order valence-electron chi connectivity index (χ1n) is 11.2. The molecule has 4 nitrogen and oxygen atoms in total. The normalized spacial score (nSPS) is 16.9. The Balaban J connectivity index is 1.77. The summed E-state index contributed by atoms with van der Waals surface area (Å²) in [5.74, 6) is 1.96. The highest BCUT2D eigenvalue weighted by molar-refractivity contribution is 5.76. The van der Waals surface area contributed by atoms with E-state index in [2.05, 4.69) is 49.2 Å². The SMILES string of the molecule is CCC(Cc1ccc(C)c(OC)c1)C(CC)NCCCCN1CCCCC1=O. The highest BCUT2D eigenvalue weighted by atomic mass is 16.5. The molecule has 2 atom stereocenters. The van der Waals surface area contributed by atoms with Gasteiger partial charge in [-0.2, -0.15) is 0 Å². The van der Waals surface area contributed by atoms with Gasteiger partial charge in [0.15, 0.2) is 0 Å². The van der Waals surface area contributed by atoms with Gasteiger partial charge in [0.25, 0.3) is 0 Å². The molecule has 28 heavy (non-hydrogen) atoms. The number of rotatable bonds is 12. The van der Waals surface area contributed by atoms with Crippen LogP contribution in [0.25, 0.3) is 0 Å². The van der Waals surface area contributed by atoms with Gasteiger partial charge in [-0.25, -0.2) is 0 Å². The van der Waals surface area contributed by atoms with Crippen LogP contribution in [0.1, 0.15) is 69.9 Å². The van der Waals surface area contributed by atoms with E-state index in [9.17, 15) is 4.79 Å². The smallest absolute Gasteiger partial charge is 0.222 e. The molecule has 158 valence electrons. The van der Waals surface area contributed by atoms with Gasteiger partial charge in [-0.3, -0.25) is 4.79 Å². The highest BCUT2D eigenvalue weighted by Gasteiger charge is 2.19. The third-order valence-electron chi connectivity index (χ3n) is 6.19. The van der Waals surface area contributed by atoms with Crippen LogP contribution in [0.2, 0.25) is 0 Å². The van der Waals surface area contributed by atoms with Gasteiger partial charge in [-0.1, -0.05) is 32.4 Å². The maximum Gasteiger partial charge on any atom is 0.222 e. The van der Waals surface area contributed by atoms with E-state index in [0.717, 1.165) is 63.9 Å². The third-order valence-corrected chi connectivity index (χ3v) is 6.19. The Bertz CT molecular complexity index is 602. The number of unbranched alkanes of at least 4 members (excludes halogenated alkanes) is 1. The molecule has 1 aliphatic heterocycles. The zero-order valence-electron chi connectivity index (χ0n) is 18.4. The first-order chi connectivity index (χ1) is 13.6. The van der Waals surface area contributed by atoms with Gasteiger partial charge in [-0.15, -0.1) is 0 Å². The Kier molecular flexibility index (Phi) is 9.83. The number of piperidine rings is 1. The molecule has 1 heterocycles. The molecule has 0 radical (unpaired) electrons. The van der Waals surface area contributed by atoms with Crippen LogP contribution in [0.15, 0.2) is 18.2 Å². The number of ether oxygens (including phenoxy) is 1. The van der Waals surface area contributed by atoms with Crippen LogP contribution in [0.4, 0.5) is 0 Å². The van der Waals surface area contributed by atoms with Crippen LogP contribution in [0, 0.1) is 12.8 Å². The van der Waals surface area contributed by atoms with E-state index in [1.54, 1.807) is 7.11 Å². The molecule has 0 bridgehead atoms. The molecule has 1 fully saturated rings. The standard InChI is InChI=1S/C24H40N2O2/c1-5-21(17-20-13-12-19(3)23(18-20)28-4)22(6-2)25-14-8-10-16-26-15-9-7-11-24(26)27/h12-13,18,21-22,25H,5-11,14-17H2,1-4H3. The quantitative estimate of drug-likeness (QED) is 0.526. The number of nitrogens with one attached hydrogen (secondary N) is 1. The molecule has 0 spiro atoms. The first-order valence-corrected chi connectivity index (χ1v) is 11.2. The van der Waals surface area contributed by atoms with Crippen molar-refractivity contribution < 1.29 is 9.53 Å². The average molecular weight is 389 g/mol. The number of aryl methyl sites for hydroxylation is 1. The number of carbonyl (C=O) groups excluding carboxylic acids is 1. The van der Waals surface area contributed by atoms with Crippen molar-refractivity contribution in [2.24, 2.45) is 5.92 Å². The Labute approximate surface area is 172 Å². The average Bonchev–Trinajstić information content (AvgIpc) is 2.71. The van der Waals surface area contributed by atoms with Gasteiger partial charge in [0.2, 0.25) is 5.91 Å². The number of nitrogens with zero attached hydrogens (tertiary/aromatic N) is 1. The molecule has 2 rings (SSSR count). The minimum atomic E-state index is 0.352. The van der Waals surface area contributed by atoms with Gasteiger partial charge in [0.05, 0.1) is 7.11 Å². The van der Waals surface area contributed by atoms with E-state index >= 15 is 0 Å². The third kappa shape index (κ3) is 6.80. The van der Waals surface area contributed by atoms with Gasteiger partial charge in [0.1, 0.15) is 5.75 Å². The fourth-order valence-electron chi connectivity index (χ4n) is 4.32. The first kappa shape index (κ1) is 22.7. The number of methoxy groups -OCH3 is 1. The van der Waals surface area contributed by atoms with E-state index in [1.807, 2.05) is 0 Å². The Morgan fingerprint density at radius 1 is 1.18 bits per heavy atom. The van der Waals surface area contributed by atoms with Crippen molar-refractivity contribution in [2.75, 3.05) is 26.7 Å². The largest absolute Gasteiger partial charge is 0.496 e. The lowest BCUT2D eigenvalue weighted by Crippen LogP contribution is -2.38. The monoisotopic (exact) mass is 388 g/mol. The fraction of sp³-hybridized carbons (Fsp3) is 0.708. The summed E-state index contributed by atoms with van der Waals surface area (Å²) in [5.41, 5.74) is 2.55. The molecular formula is C24H40N2O2. The molecular weight excluding hydrogens is 348 g/mol. The number of carbonyl (C=O) groups is 1. The van der Waals surface area contributed by atoms with E-state index in [0.29, 0.717) is 17.9 Å². The van der Waals surface area contributed by atoms with Crippen molar-refractivity contribution in [3.05, 3.63) is 29.3 Å². The van der Waals surface area contributed by atoms with Crippen molar-refractivity contribution in [2.45, 2.75) is 78.2 Å². The Morgan fingerprint density at radius 3 is 2.68 bits per heavy atom. The number of benzene rings is 1. The van der Waals surface area contributed by atoms with Crippen molar-refractivity contribution in [3.63, 3.8) is 0 Å². The van der Waals surface area contributed by atoms with Crippen LogP contribution in [-0.4, -0.2) is 43.6 Å². The number of hydrogen-bond acceptors (Lipinski definition) is 3. The molecule has 1 aromatic carbocycles. The zero-order valence-corrected chi connectivity index (χ0v) is 18.4. The fourth-order valence-corrected chi connectivity index (χ4v) is 4.32. The van der Waals surface area contributed by atoms with Crippen LogP contribution >= 0.6 is 0 Å². The van der Waals surface area contributed by atoms with E-state index < -0.39 is 0 Å². The van der Waals surface area contributed by atoms with E-state index in [4.69, 9.17) is 4.74 Å². The summed E-state index contributed by atoms with van der Waals surface area (Å²) >= 11 is 0. The highest BCUT2D eigenvalue weighted by Crippen LogP contribution is 2.24. The molecule has 4 heteroatoms. The van der Waals surface area contributed by atoms with Gasteiger partial charge < -0.3 is 15.0 Å². The van der Waals surface area contributed by atoms with Crippen LogP contribution in [0.3, 0.4) is 0 Å². The second kappa shape index (κ2) is 12.1. The number of hydrogen-bond donors (Lipinski definition) is 1. The number of amides is 1. The summed E-state index contributed by atoms with van der Waals surface area (Å²) in [4.78, 5) is 13.9. The van der Waals surface area contributed by atoms with Crippen LogP contribution in [0.5, 0.6) is 5.75 Å². The van der Waals surface area contributed by atoms with Crippen molar-refractivity contribution in [1.82, 2.24) is 10.2 Å². The topological polar surface area (TPSA) is 41.6 Å². The summed E-state index contributed by atoms with van der Waals surface area (Å²) < 4.78 is 5.49. The molecule has 1 saturated heterocycles. The van der Waals surface area contributed by atoms with E-state index in [-0.39, 0.29) is 0 Å². The van der Waals surface area contributed by atoms with Crippen LogP contribution < -0.4 is 10.1 Å². The second-order valence-corrected chi connectivity index (χ2v) is 8.19. The second-order valence-electron chi connectivity index (χ2n) is 8.19. The van der Waals surface area contributed by atoms with Crippen molar-refractivity contribution >= 4 is 5.91 Å². The van der Waals surface area contributed by atoms with Crippen molar-refractivity contribution in [1.29, 1.82) is 0 Å². The predicted octanol–water partition coefficient (Wildman–Crippen LogP) is 4.73. The predicted molar refractivity (Wildman–Crippen MR) is 117 cm³/mol. The summed E-state index contributed by atoms with van der Waals surface area (Å²) in [6.07, 6.45) is 8.62. The molecule has 1 aliphatic rings. The maximum atomic E-state index is 11.9. The summed E-state index contributed by atoms with van der Waals surface area (Å²) in [6, 6.07) is 7.13. The molecule has 1 N–H and O–H groups in total. The van der Waals surface area contributed by atoms with Crippen molar-refractivity contribution in [3.8, 4) is 5.75 Å². The summed E-state index contributed by atoms with van der Waals surface area (Å²) in [5, 5.41) is 3.79. The zero-order chi connectivity index (χ0) is 20.4. The minimum Gasteiger partial charge on any atom is -0.496 e. The molecule has 0 saturated carbocycles. The molecule has 1 amide bonds. The van der Waals surface area contributed by atoms with Gasteiger partial charge in [0, 0.05) is 25.6 Å². The van der Waals surface area contributed by atoms with E-state index in [1.165, 1.54) is 24.0 Å². The summed E-state index contributed by atoms with van der Waals surface area (Å²) in [7, 11) is 1.75. The van der Waals surface area contributed by atoms with Gasteiger partial charge in [-0.05, 0) is 75.1 Å². The van der Waals surface area contributed by atoms with Gasteiger partial charge >= 0.3 is 0 Å². The molecule has 0 aromatic heterocycles. The Morgan fingerprint density at radius 2 is 2.00 bits per heavy atom. The lowest BCUT2D eigenvalue weighted by molar-refractivity contribution is -0.133. The lowest BCUT2D eigenvalue weighted by Gasteiger charge is -2.28. The van der Waals surface area contributed by atoms with Crippen LogP contribution in [-0.2, 0) is 11.2 Å². The molecule has 2 unspecified atom stereocenters. The molecule has 1 aromatic rings. The minimum absolute atomic E-state index is 0.352. The summed E-state index contributed by atoms with van der Waals surface area (Å²) in [6.45, 7) is 9.59.